The van der Waals surface area contributed by atoms with E-state index in [0.717, 1.165) is 27.5 Å². The first kappa shape index (κ1) is 15.5. The topological polar surface area (TPSA) is 35.2 Å². The smallest absolute Gasteiger partial charge is 0.119 e. The molecule has 2 rings (SSSR count). The van der Waals surface area contributed by atoms with Crippen molar-refractivity contribution in [1.29, 1.82) is 0 Å². The van der Waals surface area contributed by atoms with E-state index in [1.165, 1.54) is 11.1 Å². The van der Waals surface area contributed by atoms with Gasteiger partial charge in [0, 0.05) is 15.0 Å². The van der Waals surface area contributed by atoms with Crippen LogP contribution in [-0.4, -0.2) is 13.2 Å². The maximum absolute atomic E-state index is 6.28. The Morgan fingerprint density at radius 1 is 1.00 bits per heavy atom. The lowest BCUT2D eigenvalue weighted by Gasteiger charge is -2.15. The van der Waals surface area contributed by atoms with Crippen LogP contribution in [-0.2, 0) is 12.8 Å². The highest BCUT2D eigenvalue weighted by Gasteiger charge is 2.10. The first-order chi connectivity index (χ1) is 9.60. The molecule has 0 heterocycles. The van der Waals surface area contributed by atoms with Crippen molar-refractivity contribution in [2.75, 3.05) is 7.11 Å². The van der Waals surface area contributed by atoms with Gasteiger partial charge in [0.05, 0.1) is 7.11 Å². The van der Waals surface area contributed by atoms with E-state index in [2.05, 4.69) is 37.9 Å². The summed E-state index contributed by atoms with van der Waals surface area (Å²) < 4.78 is 7.44. The third-order valence-corrected chi connectivity index (χ3v) is 4.72. The van der Waals surface area contributed by atoms with Crippen molar-refractivity contribution < 1.29 is 4.74 Å². The minimum atomic E-state index is 0.0668. The molecule has 0 aliphatic rings. The third kappa shape index (κ3) is 4.08. The zero-order valence-electron chi connectivity index (χ0n) is 11.3. The Kier molecular flexibility index (Phi) is 5.64. The summed E-state index contributed by atoms with van der Waals surface area (Å²) in [6, 6.07) is 14.2. The van der Waals surface area contributed by atoms with E-state index in [-0.39, 0.29) is 6.04 Å². The Morgan fingerprint density at radius 3 is 2.35 bits per heavy atom. The molecule has 0 radical (unpaired) electrons. The van der Waals surface area contributed by atoms with Crippen LogP contribution in [0.3, 0.4) is 0 Å². The summed E-state index contributed by atoms with van der Waals surface area (Å²) in [6.45, 7) is 0. The van der Waals surface area contributed by atoms with Gasteiger partial charge in [0.2, 0.25) is 0 Å². The average Bonchev–Trinajstić information content (AvgIpc) is 2.44. The van der Waals surface area contributed by atoms with Crippen molar-refractivity contribution in [3.63, 3.8) is 0 Å². The van der Waals surface area contributed by atoms with Crippen molar-refractivity contribution in [3.05, 3.63) is 62.5 Å². The molecule has 0 saturated heterocycles. The maximum Gasteiger partial charge on any atom is 0.119 e. The van der Waals surface area contributed by atoms with E-state index in [1.807, 2.05) is 36.4 Å². The second-order valence-corrected chi connectivity index (χ2v) is 6.43. The van der Waals surface area contributed by atoms with Gasteiger partial charge in [0.1, 0.15) is 5.75 Å². The molecule has 0 saturated carbocycles. The fourth-order valence-electron chi connectivity index (χ4n) is 2.14. The molecule has 0 bridgehead atoms. The fourth-order valence-corrected chi connectivity index (χ4v) is 2.99. The van der Waals surface area contributed by atoms with Crippen molar-refractivity contribution in [3.8, 4) is 5.75 Å². The molecule has 1 atom stereocenters. The van der Waals surface area contributed by atoms with Gasteiger partial charge >= 0.3 is 0 Å². The Balaban J connectivity index is 2.08. The van der Waals surface area contributed by atoms with E-state index in [9.17, 15) is 0 Å². The molecule has 2 N–H and O–H groups in total. The van der Waals surface area contributed by atoms with Crippen LogP contribution in [0.4, 0.5) is 0 Å². The fraction of sp³-hybridized carbons (Fsp3) is 0.250. The normalized spacial score (nSPS) is 12.2. The van der Waals surface area contributed by atoms with Gasteiger partial charge in [0.25, 0.3) is 0 Å². The molecule has 0 spiro atoms. The van der Waals surface area contributed by atoms with Crippen LogP contribution < -0.4 is 10.5 Å². The van der Waals surface area contributed by atoms with Gasteiger partial charge in [-0.05, 0) is 48.2 Å². The number of ether oxygens (including phenoxy) is 1. The second kappa shape index (κ2) is 7.25. The second-order valence-electron chi connectivity index (χ2n) is 4.72. The van der Waals surface area contributed by atoms with Gasteiger partial charge in [0.15, 0.2) is 0 Å². The maximum atomic E-state index is 6.28. The lowest BCUT2D eigenvalue weighted by atomic mass is 9.99. The molecule has 0 fully saturated rings. The predicted molar refractivity (Wildman–Crippen MR) is 90.2 cm³/mol. The van der Waals surface area contributed by atoms with Crippen molar-refractivity contribution in [2.24, 2.45) is 5.73 Å². The minimum absolute atomic E-state index is 0.0668. The zero-order valence-corrected chi connectivity index (χ0v) is 14.4. The summed E-state index contributed by atoms with van der Waals surface area (Å²) in [5.74, 6) is 0.858. The molecule has 4 heteroatoms. The summed E-state index contributed by atoms with van der Waals surface area (Å²) in [7, 11) is 1.67. The summed E-state index contributed by atoms with van der Waals surface area (Å²) in [4.78, 5) is 0. The summed E-state index contributed by atoms with van der Waals surface area (Å²) >= 11 is 7.13. The van der Waals surface area contributed by atoms with Crippen LogP contribution in [0.2, 0.25) is 0 Å². The Labute approximate surface area is 136 Å². The van der Waals surface area contributed by atoms with Crippen molar-refractivity contribution in [2.45, 2.75) is 18.9 Å². The first-order valence-electron chi connectivity index (χ1n) is 6.41. The monoisotopic (exact) mass is 397 g/mol. The van der Waals surface area contributed by atoms with Gasteiger partial charge in [-0.2, -0.15) is 0 Å². The van der Waals surface area contributed by atoms with E-state index in [4.69, 9.17) is 10.5 Å². The van der Waals surface area contributed by atoms with Crippen molar-refractivity contribution >= 4 is 31.9 Å². The van der Waals surface area contributed by atoms with Gasteiger partial charge in [-0.3, -0.25) is 0 Å². The zero-order chi connectivity index (χ0) is 14.5. The number of nitrogens with two attached hydrogens (primary N) is 1. The molecular weight excluding hydrogens is 382 g/mol. The van der Waals surface area contributed by atoms with E-state index in [1.54, 1.807) is 7.11 Å². The van der Waals surface area contributed by atoms with Crippen LogP contribution in [0.5, 0.6) is 5.75 Å². The molecule has 106 valence electrons. The molecule has 20 heavy (non-hydrogen) atoms. The largest absolute Gasteiger partial charge is 0.497 e. The molecule has 0 amide bonds. The van der Waals surface area contributed by atoms with Crippen molar-refractivity contribution in [1.82, 2.24) is 0 Å². The Morgan fingerprint density at radius 2 is 1.65 bits per heavy atom. The van der Waals surface area contributed by atoms with Crippen LogP contribution in [0.1, 0.15) is 11.1 Å². The summed E-state index contributed by atoms with van der Waals surface area (Å²) in [6.07, 6.45) is 1.64. The first-order valence-corrected chi connectivity index (χ1v) is 8.00. The van der Waals surface area contributed by atoms with Crippen LogP contribution in [0.25, 0.3) is 0 Å². The standard InChI is InChI=1S/C16H17Br2NO/c1-20-14-6-7-16(18)12(10-14)9-13(19)8-11-4-2-3-5-15(11)17/h2-7,10,13H,8-9,19H2,1H3. The summed E-state index contributed by atoms with van der Waals surface area (Å²) in [5.41, 5.74) is 8.69. The number of benzene rings is 2. The number of hydrogen-bond donors (Lipinski definition) is 1. The van der Waals surface area contributed by atoms with Gasteiger partial charge in [-0.25, -0.2) is 0 Å². The molecular formula is C16H17Br2NO. The minimum Gasteiger partial charge on any atom is -0.497 e. The molecule has 2 nitrogen and oxygen atoms in total. The number of rotatable bonds is 5. The van der Waals surface area contributed by atoms with Gasteiger partial charge in [-0.1, -0.05) is 50.1 Å². The quantitative estimate of drug-likeness (QED) is 0.813. The van der Waals surface area contributed by atoms with Gasteiger partial charge in [-0.15, -0.1) is 0 Å². The lowest BCUT2D eigenvalue weighted by molar-refractivity contribution is 0.414. The molecule has 0 aromatic heterocycles. The molecule has 2 aromatic rings. The molecule has 0 aliphatic heterocycles. The lowest BCUT2D eigenvalue weighted by Crippen LogP contribution is -2.25. The van der Waals surface area contributed by atoms with E-state index in [0.29, 0.717) is 0 Å². The van der Waals surface area contributed by atoms with Crippen LogP contribution in [0.15, 0.2) is 51.4 Å². The third-order valence-electron chi connectivity index (χ3n) is 3.17. The SMILES string of the molecule is COc1ccc(Br)c(CC(N)Cc2ccccc2Br)c1. The van der Waals surface area contributed by atoms with E-state index < -0.39 is 0 Å². The summed E-state index contributed by atoms with van der Waals surface area (Å²) in [5, 5.41) is 0. The highest BCUT2D eigenvalue weighted by molar-refractivity contribution is 9.10. The van der Waals surface area contributed by atoms with Crippen LogP contribution >= 0.6 is 31.9 Å². The number of methoxy groups -OCH3 is 1. The van der Waals surface area contributed by atoms with Gasteiger partial charge < -0.3 is 10.5 Å². The number of halogens is 2. The highest BCUT2D eigenvalue weighted by atomic mass is 79.9. The van der Waals surface area contributed by atoms with E-state index >= 15 is 0 Å². The number of hydrogen-bond acceptors (Lipinski definition) is 2. The molecule has 1 unspecified atom stereocenters. The molecule has 0 aliphatic carbocycles. The highest BCUT2D eigenvalue weighted by Crippen LogP contribution is 2.24. The Hall–Kier alpha value is -0.840. The Bertz CT molecular complexity index is 586. The average molecular weight is 399 g/mol. The predicted octanol–water partition coefficient (Wildman–Crippen LogP) is 4.33. The van der Waals surface area contributed by atoms with Crippen LogP contribution in [0, 0.1) is 0 Å². The molecule has 2 aromatic carbocycles.